The standard InChI is InChI=1S/C11H13N3O/c1-14-5-4-13-11(14)7-8-6-9(12)2-3-10(8)15/h2-6,15H,7,12H2,1H3/p+1. The number of aromatic hydroxyl groups is 1. The number of hydrogen-bond acceptors (Lipinski definition) is 2. The number of nitrogens with two attached hydrogens (primary N) is 1. The minimum atomic E-state index is 0.277. The molecule has 4 N–H and O–H groups in total. The van der Waals surface area contributed by atoms with E-state index in [9.17, 15) is 5.11 Å². The topological polar surface area (TPSA) is 65.9 Å². The van der Waals surface area contributed by atoms with Gasteiger partial charge in [-0.25, -0.2) is 9.55 Å². The van der Waals surface area contributed by atoms with Gasteiger partial charge >= 0.3 is 0 Å². The van der Waals surface area contributed by atoms with Crippen molar-refractivity contribution >= 4 is 5.69 Å². The molecule has 0 aliphatic carbocycles. The molecule has 4 nitrogen and oxygen atoms in total. The lowest BCUT2D eigenvalue weighted by Gasteiger charge is -2.02. The van der Waals surface area contributed by atoms with E-state index in [0.717, 1.165) is 11.4 Å². The summed E-state index contributed by atoms with van der Waals surface area (Å²) in [6.45, 7) is 0. The molecule has 0 saturated heterocycles. The van der Waals surface area contributed by atoms with Crippen LogP contribution in [0.15, 0.2) is 30.6 Å². The first-order chi connectivity index (χ1) is 7.16. The third kappa shape index (κ3) is 1.93. The molecule has 0 radical (unpaired) electrons. The lowest BCUT2D eigenvalue weighted by Crippen LogP contribution is -2.30. The second kappa shape index (κ2) is 3.65. The Morgan fingerprint density at radius 1 is 1.47 bits per heavy atom. The number of nitrogens with one attached hydrogen (secondary N) is 1. The number of aryl methyl sites for hydroxylation is 1. The van der Waals surface area contributed by atoms with Crippen LogP contribution < -0.4 is 10.3 Å². The highest BCUT2D eigenvalue weighted by Crippen LogP contribution is 2.21. The van der Waals surface area contributed by atoms with Crippen molar-refractivity contribution in [1.82, 2.24) is 4.98 Å². The van der Waals surface area contributed by atoms with Gasteiger partial charge in [-0.3, -0.25) is 0 Å². The highest BCUT2D eigenvalue weighted by atomic mass is 16.3. The Balaban J connectivity index is 2.32. The number of H-pyrrole nitrogens is 1. The summed E-state index contributed by atoms with van der Waals surface area (Å²) in [5.74, 6) is 1.30. The second-order valence-electron chi connectivity index (χ2n) is 3.58. The van der Waals surface area contributed by atoms with Crippen molar-refractivity contribution in [3.63, 3.8) is 0 Å². The number of phenols is 1. The van der Waals surface area contributed by atoms with Gasteiger partial charge in [0, 0.05) is 11.3 Å². The van der Waals surface area contributed by atoms with Gasteiger partial charge in [-0.2, -0.15) is 0 Å². The quantitative estimate of drug-likeness (QED) is 0.383. The van der Waals surface area contributed by atoms with Crippen molar-refractivity contribution < 1.29 is 9.67 Å². The molecular weight excluding hydrogens is 190 g/mol. The Bertz CT molecular complexity index is 476. The average Bonchev–Trinajstić information content (AvgIpc) is 2.58. The molecule has 1 aromatic heterocycles. The van der Waals surface area contributed by atoms with Crippen LogP contribution in [0.1, 0.15) is 11.4 Å². The number of aromatic nitrogens is 2. The van der Waals surface area contributed by atoms with Crippen LogP contribution in [-0.4, -0.2) is 10.1 Å². The first-order valence-electron chi connectivity index (χ1n) is 4.76. The molecule has 0 spiro atoms. The molecule has 1 aromatic carbocycles. The summed E-state index contributed by atoms with van der Waals surface area (Å²) >= 11 is 0. The summed E-state index contributed by atoms with van der Waals surface area (Å²) in [6.07, 6.45) is 4.43. The molecule has 0 aliphatic rings. The summed E-state index contributed by atoms with van der Waals surface area (Å²) in [6, 6.07) is 5.09. The van der Waals surface area contributed by atoms with Crippen molar-refractivity contribution in [3.05, 3.63) is 42.0 Å². The van der Waals surface area contributed by atoms with Crippen LogP contribution in [-0.2, 0) is 13.5 Å². The van der Waals surface area contributed by atoms with Crippen LogP contribution in [0.3, 0.4) is 0 Å². The molecule has 78 valence electrons. The number of aromatic amines is 1. The summed E-state index contributed by atoms with van der Waals surface area (Å²) in [5.41, 5.74) is 7.16. The molecule has 0 bridgehead atoms. The van der Waals surface area contributed by atoms with E-state index in [1.54, 1.807) is 18.2 Å². The lowest BCUT2D eigenvalue weighted by molar-refractivity contribution is -0.677. The van der Waals surface area contributed by atoms with E-state index < -0.39 is 0 Å². The molecule has 0 saturated carbocycles. The van der Waals surface area contributed by atoms with Crippen LogP contribution in [0.2, 0.25) is 0 Å². The molecule has 0 fully saturated rings. The zero-order chi connectivity index (χ0) is 10.8. The molecule has 15 heavy (non-hydrogen) atoms. The first-order valence-corrected chi connectivity index (χ1v) is 4.76. The van der Waals surface area contributed by atoms with Crippen molar-refractivity contribution in [1.29, 1.82) is 0 Å². The van der Waals surface area contributed by atoms with Gasteiger partial charge in [-0.1, -0.05) is 0 Å². The minimum absolute atomic E-state index is 0.277. The SMILES string of the molecule is C[n+]1cc[nH]c1Cc1cc(N)ccc1O. The van der Waals surface area contributed by atoms with E-state index >= 15 is 0 Å². The number of phenolic OH excluding ortho intramolecular Hbond substituents is 1. The molecule has 2 aromatic rings. The van der Waals surface area contributed by atoms with Crippen LogP contribution in [0.4, 0.5) is 5.69 Å². The van der Waals surface area contributed by atoms with E-state index in [2.05, 4.69) is 4.98 Å². The van der Waals surface area contributed by atoms with Gasteiger partial charge in [-0.15, -0.1) is 0 Å². The van der Waals surface area contributed by atoms with Gasteiger partial charge in [0.05, 0.1) is 13.5 Å². The number of nitrogen functional groups attached to an aromatic ring is 1. The van der Waals surface area contributed by atoms with E-state index in [4.69, 9.17) is 5.73 Å². The summed E-state index contributed by atoms with van der Waals surface area (Å²) in [5, 5.41) is 9.65. The fraction of sp³-hybridized carbons (Fsp3) is 0.182. The summed E-state index contributed by atoms with van der Waals surface area (Å²) < 4.78 is 1.97. The van der Waals surface area contributed by atoms with Crippen LogP contribution in [0, 0.1) is 0 Å². The smallest absolute Gasteiger partial charge is 0.258 e. The van der Waals surface area contributed by atoms with E-state index in [1.807, 2.05) is 24.0 Å². The van der Waals surface area contributed by atoms with Gasteiger partial charge in [0.25, 0.3) is 5.82 Å². The maximum Gasteiger partial charge on any atom is 0.258 e. The Kier molecular flexibility index (Phi) is 2.33. The Labute approximate surface area is 88.0 Å². The number of benzene rings is 1. The average molecular weight is 204 g/mol. The Hall–Kier alpha value is -1.97. The van der Waals surface area contributed by atoms with E-state index in [-0.39, 0.29) is 5.75 Å². The predicted octanol–water partition coefficient (Wildman–Crippen LogP) is 0.718. The zero-order valence-electron chi connectivity index (χ0n) is 8.57. The van der Waals surface area contributed by atoms with Crippen LogP contribution in [0.25, 0.3) is 0 Å². The maximum atomic E-state index is 9.65. The molecule has 0 atom stereocenters. The molecule has 4 heteroatoms. The van der Waals surface area contributed by atoms with Crippen molar-refractivity contribution in [2.24, 2.45) is 7.05 Å². The maximum absolute atomic E-state index is 9.65. The van der Waals surface area contributed by atoms with Gasteiger partial charge in [-0.05, 0) is 18.2 Å². The molecule has 2 rings (SSSR count). The highest BCUT2D eigenvalue weighted by Gasteiger charge is 2.10. The normalized spacial score (nSPS) is 10.5. The van der Waals surface area contributed by atoms with Crippen LogP contribution >= 0.6 is 0 Å². The monoisotopic (exact) mass is 204 g/mol. The van der Waals surface area contributed by atoms with E-state index in [0.29, 0.717) is 12.1 Å². The number of hydrogen-bond donors (Lipinski definition) is 3. The first kappa shape index (κ1) is 9.58. The van der Waals surface area contributed by atoms with Crippen molar-refractivity contribution in [3.8, 4) is 5.75 Å². The van der Waals surface area contributed by atoms with Gasteiger partial charge in [0.1, 0.15) is 18.1 Å². The third-order valence-electron chi connectivity index (χ3n) is 2.44. The summed E-state index contributed by atoms with van der Waals surface area (Å²) in [7, 11) is 1.95. The fourth-order valence-electron chi connectivity index (χ4n) is 1.54. The molecule has 0 amide bonds. The largest absolute Gasteiger partial charge is 0.508 e. The number of imidazole rings is 1. The van der Waals surface area contributed by atoms with Gasteiger partial charge < -0.3 is 10.8 Å². The molecule has 0 aliphatic heterocycles. The van der Waals surface area contributed by atoms with Crippen molar-refractivity contribution in [2.45, 2.75) is 6.42 Å². The highest BCUT2D eigenvalue weighted by molar-refractivity contribution is 5.47. The number of rotatable bonds is 2. The minimum Gasteiger partial charge on any atom is -0.508 e. The number of anilines is 1. The molecule has 1 heterocycles. The van der Waals surface area contributed by atoms with Crippen LogP contribution in [0.5, 0.6) is 5.75 Å². The van der Waals surface area contributed by atoms with Gasteiger partial charge in [0.2, 0.25) is 0 Å². The number of nitrogens with zero attached hydrogens (tertiary/aromatic N) is 1. The van der Waals surface area contributed by atoms with E-state index in [1.165, 1.54) is 0 Å². The molecular formula is C11H14N3O+. The third-order valence-corrected chi connectivity index (χ3v) is 2.44. The Morgan fingerprint density at radius 3 is 2.93 bits per heavy atom. The predicted molar refractivity (Wildman–Crippen MR) is 57.3 cm³/mol. The van der Waals surface area contributed by atoms with Crippen molar-refractivity contribution in [2.75, 3.05) is 5.73 Å². The Morgan fingerprint density at radius 2 is 2.27 bits per heavy atom. The zero-order valence-corrected chi connectivity index (χ0v) is 8.57. The fourth-order valence-corrected chi connectivity index (χ4v) is 1.54. The van der Waals surface area contributed by atoms with Gasteiger partial charge in [0.15, 0.2) is 0 Å². The molecule has 0 unspecified atom stereocenters. The lowest BCUT2D eigenvalue weighted by atomic mass is 10.1. The summed E-state index contributed by atoms with van der Waals surface area (Å²) in [4.78, 5) is 3.11. The second-order valence-corrected chi connectivity index (χ2v) is 3.58.